The zero-order valence-electron chi connectivity index (χ0n) is 55.3. The fourth-order valence-electron chi connectivity index (χ4n) is 12.7. The van der Waals surface area contributed by atoms with Gasteiger partial charge in [-0.2, -0.15) is 0 Å². The van der Waals surface area contributed by atoms with E-state index in [0.717, 1.165) is 0 Å². The Kier molecular flexibility index (Phi) is 29.5. The maximum Gasteiger partial charge on any atom is 0.187 e. The Balaban J connectivity index is 0.000000389. The molecule has 104 heavy (non-hydrogen) atoms. The molecule has 2 aromatic carbocycles. The van der Waals surface area contributed by atoms with Crippen LogP contribution in [-0.2, 0) is 75.9 Å². The van der Waals surface area contributed by atoms with Crippen molar-refractivity contribution in [2.24, 2.45) is 0 Å². The molecule has 0 aliphatic carbocycles. The van der Waals surface area contributed by atoms with Crippen molar-refractivity contribution in [1.82, 2.24) is 0 Å². The van der Waals surface area contributed by atoms with Crippen molar-refractivity contribution in [1.29, 1.82) is 0 Å². The molecule has 21 heterocycles. The molecule has 21 aliphatic rings. The summed E-state index contributed by atoms with van der Waals surface area (Å²) in [6, 6.07) is 9.34. The number of allylic oxidation sites excluding steroid dienone is 2. The lowest BCUT2D eigenvalue weighted by molar-refractivity contribution is -0.396. The van der Waals surface area contributed by atoms with E-state index in [2.05, 4.69) is 0 Å². The van der Waals surface area contributed by atoms with Crippen LogP contribution in [0.4, 0.5) is 0 Å². The van der Waals surface area contributed by atoms with Gasteiger partial charge in [0.25, 0.3) is 0 Å². The van der Waals surface area contributed by atoms with E-state index in [1.54, 1.807) is 36.4 Å². The Hall–Kier alpha value is -4.94. The minimum absolute atomic E-state index is 0.00662. The molecule has 21 saturated heterocycles. The highest BCUT2D eigenvalue weighted by Gasteiger charge is 2.60. The first kappa shape index (κ1) is 83.1. The first-order valence-corrected chi connectivity index (χ1v) is 32.7. The maximum absolute atomic E-state index is 11.9. The molecule has 588 valence electrons. The summed E-state index contributed by atoms with van der Waals surface area (Å²) >= 11 is 0. The number of methoxy groups -OCH3 is 2. The van der Waals surface area contributed by atoms with E-state index in [0.29, 0.717) is 22.6 Å². The topological polar surface area (TPSA) is 647 Å². The standard InChI is InChI=1S/C42H70O35.C21H20O6/c43-1-8-29-15(50)22(57)36(64-8)72-30-9(2-44)66-38(24(59)17(30)52)74-32-11(4-46)68-40(26(61)19(32)54)76-34-13(6-48)70-42(28(63)21(34)56)77-35-14(7-49)69-41(27(62)20(35)55)75-33-12(5-47)67-39(25(60)18(33)53)73-31-10(3-45)65-37(71-29)23(58)16(31)51;1-26-20-11-14(5-9-18(20)24)3-7-16(22)13-17(23)8-4-15-6-10-19(25)21(12-15)27-2/h8-63H,1-7H2;3-12,24-25H,13H2,1-2H3/b;7-3+,8-4+/t8-,9-,10-,11-,12-,13-,14-,15-,16-,17-,18-,19-,20-,21-,22-,23-,24-,25-,26-,27-,28-,29-,30-,31-,32-,33-,34-,35-,36-,37-,38-,39-,40-,41-,42-;/m1./s1. The number of hydrogen-bond acceptors (Lipinski definition) is 41. The summed E-state index contributed by atoms with van der Waals surface area (Å²) in [4.78, 5) is 23.9. The van der Waals surface area contributed by atoms with Gasteiger partial charge in [0.05, 0.1) is 66.9 Å². The van der Waals surface area contributed by atoms with Crippen molar-refractivity contribution in [3.05, 3.63) is 59.7 Å². The van der Waals surface area contributed by atoms with Gasteiger partial charge in [-0.3, -0.25) is 9.59 Å². The van der Waals surface area contributed by atoms with Crippen molar-refractivity contribution in [2.45, 2.75) is 221 Å². The van der Waals surface area contributed by atoms with E-state index in [1.165, 1.54) is 38.5 Å². The molecule has 2 aromatic rings. The summed E-state index contributed by atoms with van der Waals surface area (Å²) in [6.45, 7) is -7.33. The number of aliphatic hydroxyl groups is 21. The summed E-state index contributed by atoms with van der Waals surface area (Å²) in [5.41, 5.74) is 1.33. The monoisotopic (exact) mass is 1500 g/mol. The molecule has 0 spiro atoms. The molecular weight excluding hydrogens is 1410 g/mol. The highest BCUT2D eigenvalue weighted by molar-refractivity contribution is 6.10. The summed E-state index contributed by atoms with van der Waals surface area (Å²) in [5.74, 6) is -0.0832. The summed E-state index contributed by atoms with van der Waals surface area (Å²) in [6.07, 6.45) is -64.8. The van der Waals surface area contributed by atoms with Crippen LogP contribution in [0.2, 0.25) is 0 Å². The van der Waals surface area contributed by atoms with Crippen LogP contribution in [0.5, 0.6) is 23.0 Å². The molecule has 14 bridgehead atoms. The Bertz CT molecular complexity index is 2670. The number of rotatable bonds is 15. The number of carbonyl (C=O) groups excluding carboxylic acids is 2. The zero-order chi connectivity index (χ0) is 75.9. The van der Waals surface area contributed by atoms with Crippen LogP contribution in [0.15, 0.2) is 48.6 Å². The normalized spacial score (nSPS) is 43.9. The van der Waals surface area contributed by atoms with Crippen LogP contribution >= 0.6 is 0 Å². The van der Waals surface area contributed by atoms with Crippen molar-refractivity contribution < 1.29 is 203 Å². The molecule has 21 aliphatic heterocycles. The third-order valence-electron chi connectivity index (χ3n) is 18.5. The third-order valence-corrected chi connectivity index (χ3v) is 18.5. The Morgan fingerprint density at radius 3 is 0.654 bits per heavy atom. The van der Waals surface area contributed by atoms with Gasteiger partial charge in [0.2, 0.25) is 0 Å². The number of carbonyl (C=O) groups is 2. The van der Waals surface area contributed by atoms with E-state index >= 15 is 0 Å². The fraction of sp³-hybridized carbons (Fsp3) is 0.714. The highest BCUT2D eigenvalue weighted by Crippen LogP contribution is 2.40. The minimum Gasteiger partial charge on any atom is -0.504 e. The van der Waals surface area contributed by atoms with E-state index in [1.807, 2.05) is 0 Å². The molecule has 0 amide bonds. The number of aliphatic hydroxyl groups excluding tert-OH is 21. The molecule has 21 fully saturated rings. The average molecular weight is 1500 g/mol. The van der Waals surface area contributed by atoms with Crippen molar-refractivity contribution >= 4 is 23.7 Å². The lowest BCUT2D eigenvalue weighted by atomic mass is 9.95. The predicted octanol–water partition coefficient (Wildman–Crippen LogP) is -11.9. The summed E-state index contributed by atoms with van der Waals surface area (Å²) in [7, 11) is 2.87. The van der Waals surface area contributed by atoms with Crippen molar-refractivity contribution in [3.63, 3.8) is 0 Å². The second kappa shape index (κ2) is 37.0. The third kappa shape index (κ3) is 18.3. The maximum atomic E-state index is 11.9. The Morgan fingerprint density at radius 2 is 0.490 bits per heavy atom. The average Bonchev–Trinajstić information content (AvgIpc) is 0.779. The lowest BCUT2D eigenvalue weighted by Gasteiger charge is -2.50. The van der Waals surface area contributed by atoms with Crippen LogP contribution in [0.25, 0.3) is 12.2 Å². The van der Waals surface area contributed by atoms with Gasteiger partial charge >= 0.3 is 0 Å². The quantitative estimate of drug-likeness (QED) is 0.0582. The molecule has 0 aromatic heterocycles. The zero-order valence-corrected chi connectivity index (χ0v) is 55.3. The molecule has 35 atom stereocenters. The van der Waals surface area contributed by atoms with Crippen molar-refractivity contribution in [3.8, 4) is 23.0 Å². The second-order valence-electron chi connectivity index (χ2n) is 25.3. The molecule has 0 radical (unpaired) electrons. The molecule has 41 nitrogen and oxygen atoms in total. The van der Waals surface area contributed by atoms with Gasteiger partial charge in [0.15, 0.2) is 78.6 Å². The number of hydrogen-bond donors (Lipinski definition) is 23. The van der Waals surface area contributed by atoms with Gasteiger partial charge in [-0.1, -0.05) is 24.3 Å². The minimum atomic E-state index is -2.21. The Labute approximate surface area is 589 Å². The van der Waals surface area contributed by atoms with Crippen molar-refractivity contribution in [2.75, 3.05) is 60.5 Å². The van der Waals surface area contributed by atoms with Gasteiger partial charge in [-0.15, -0.1) is 0 Å². The van der Waals surface area contributed by atoms with Gasteiger partial charge in [0.1, 0.15) is 171 Å². The van der Waals surface area contributed by atoms with E-state index < -0.39 is 261 Å². The van der Waals surface area contributed by atoms with Gasteiger partial charge in [-0.05, 0) is 47.5 Å². The van der Waals surface area contributed by atoms with E-state index in [-0.39, 0.29) is 29.5 Å². The van der Waals surface area contributed by atoms with E-state index in [9.17, 15) is 127 Å². The largest absolute Gasteiger partial charge is 0.504 e. The first-order chi connectivity index (χ1) is 49.6. The number of phenolic OH excluding ortho intramolecular Hbond substituents is 2. The van der Waals surface area contributed by atoms with Crippen LogP contribution in [0.3, 0.4) is 0 Å². The van der Waals surface area contributed by atoms with Gasteiger partial charge < -0.3 is 193 Å². The number of ether oxygens (including phenoxy) is 16. The highest BCUT2D eigenvalue weighted by atomic mass is 16.8. The summed E-state index contributed by atoms with van der Waals surface area (Å²) < 4.78 is 89.5. The number of ketones is 2. The number of benzene rings is 2. The van der Waals surface area contributed by atoms with Crippen LogP contribution in [-0.4, -0.2) is 404 Å². The lowest BCUT2D eigenvalue weighted by Crippen LogP contribution is -2.68. The molecule has 0 unspecified atom stereocenters. The SMILES string of the molecule is COc1cc(/C=C/C(=O)CC(=O)/C=C/c2ccc(O)c(OC)c2)ccc1O.OC[C@H]1O[C@@H]2O[C@H]3[C@H](O)[C@@H](O)[C@@H](O[C@H]4[C@H](O)[C@@H](O)[C@@H](O[C@H]5[C@H](O)[C@@H](O)[C@@H](O[C@H]6[C@H](O)[C@@H](O)[C@@H](O[C@H]7[C@H](O)[C@@H](O)[C@@H](O[C@H]8[C@H](O)[C@@H](O)[C@@H](O[C@H]1[C@H](O)[C@H]2O)O[C@@H]8CO)O[C@@H]7CO)O[C@@H]6CO)O[C@@H]5CO)O[C@@H]4CO)O[C@@H]3CO. The summed E-state index contributed by atoms with van der Waals surface area (Å²) in [5, 5.41) is 249. The van der Waals surface area contributed by atoms with Crippen LogP contribution < -0.4 is 9.47 Å². The predicted molar refractivity (Wildman–Crippen MR) is 330 cm³/mol. The molecule has 0 saturated carbocycles. The number of phenols is 2. The first-order valence-electron chi connectivity index (χ1n) is 32.7. The van der Waals surface area contributed by atoms with E-state index in [4.69, 9.17) is 75.8 Å². The van der Waals surface area contributed by atoms with Crippen LogP contribution in [0, 0.1) is 0 Å². The fourth-order valence-corrected chi connectivity index (χ4v) is 12.7. The number of aromatic hydroxyl groups is 2. The molecule has 23 rings (SSSR count). The molecule has 23 N–H and O–H groups in total. The second-order valence-corrected chi connectivity index (χ2v) is 25.3. The van der Waals surface area contributed by atoms with Gasteiger partial charge in [0, 0.05) is 0 Å². The van der Waals surface area contributed by atoms with Gasteiger partial charge in [-0.25, -0.2) is 0 Å². The molecule has 41 heteroatoms. The molecular formula is C63H90O41. The Morgan fingerprint density at radius 1 is 0.308 bits per heavy atom. The van der Waals surface area contributed by atoms with Crippen LogP contribution in [0.1, 0.15) is 17.5 Å². The smallest absolute Gasteiger partial charge is 0.187 e.